The van der Waals surface area contributed by atoms with Crippen LogP contribution in [0.3, 0.4) is 0 Å². The van der Waals surface area contributed by atoms with E-state index in [0.717, 1.165) is 17.2 Å². The lowest BCUT2D eigenvalue weighted by atomic mass is 10.1. The lowest BCUT2D eigenvalue weighted by molar-refractivity contribution is 0.0944. The van der Waals surface area contributed by atoms with E-state index < -0.39 is 5.60 Å². The molecule has 1 aromatic carbocycles. The SMILES string of the molecule is COc1ccc(OC)c(NCC(C)(C)O)c1. The summed E-state index contributed by atoms with van der Waals surface area (Å²) in [5.74, 6) is 1.48. The van der Waals surface area contributed by atoms with Gasteiger partial charge >= 0.3 is 0 Å². The predicted molar refractivity (Wildman–Crippen MR) is 64.3 cm³/mol. The van der Waals surface area contributed by atoms with Crippen molar-refractivity contribution in [2.75, 3.05) is 26.1 Å². The fourth-order valence-corrected chi connectivity index (χ4v) is 1.26. The van der Waals surface area contributed by atoms with Crippen LogP contribution in [0.25, 0.3) is 0 Å². The monoisotopic (exact) mass is 225 g/mol. The molecule has 90 valence electrons. The van der Waals surface area contributed by atoms with Crippen molar-refractivity contribution in [3.8, 4) is 11.5 Å². The molecule has 0 heterocycles. The van der Waals surface area contributed by atoms with Gasteiger partial charge in [0.2, 0.25) is 0 Å². The summed E-state index contributed by atoms with van der Waals surface area (Å²) in [6.07, 6.45) is 0. The Kier molecular flexibility index (Phi) is 4.01. The van der Waals surface area contributed by atoms with Crippen LogP contribution in [0.1, 0.15) is 13.8 Å². The molecule has 0 unspecified atom stereocenters. The molecule has 0 aliphatic carbocycles. The fourth-order valence-electron chi connectivity index (χ4n) is 1.26. The zero-order valence-corrected chi connectivity index (χ0v) is 10.2. The first-order chi connectivity index (χ1) is 7.46. The van der Waals surface area contributed by atoms with Crippen molar-refractivity contribution in [1.82, 2.24) is 0 Å². The quantitative estimate of drug-likeness (QED) is 0.803. The Morgan fingerprint density at radius 3 is 2.44 bits per heavy atom. The maximum absolute atomic E-state index is 9.63. The first-order valence-electron chi connectivity index (χ1n) is 5.14. The van der Waals surface area contributed by atoms with E-state index in [0.29, 0.717) is 6.54 Å². The van der Waals surface area contributed by atoms with Crippen molar-refractivity contribution in [3.05, 3.63) is 18.2 Å². The average molecular weight is 225 g/mol. The van der Waals surface area contributed by atoms with Crippen LogP contribution in [-0.2, 0) is 0 Å². The van der Waals surface area contributed by atoms with Gasteiger partial charge in [0.05, 0.1) is 25.5 Å². The fraction of sp³-hybridized carbons (Fsp3) is 0.500. The summed E-state index contributed by atoms with van der Waals surface area (Å²) in [6.45, 7) is 3.93. The third kappa shape index (κ3) is 3.62. The summed E-state index contributed by atoms with van der Waals surface area (Å²) in [6, 6.07) is 5.49. The van der Waals surface area contributed by atoms with Crippen molar-refractivity contribution in [3.63, 3.8) is 0 Å². The molecule has 0 aromatic heterocycles. The lowest BCUT2D eigenvalue weighted by Gasteiger charge is -2.20. The smallest absolute Gasteiger partial charge is 0.142 e. The highest BCUT2D eigenvalue weighted by Gasteiger charge is 2.13. The van der Waals surface area contributed by atoms with Gasteiger partial charge in [-0.1, -0.05) is 0 Å². The Hall–Kier alpha value is -1.42. The van der Waals surface area contributed by atoms with Gasteiger partial charge in [0, 0.05) is 12.6 Å². The molecule has 0 fully saturated rings. The number of hydrogen-bond donors (Lipinski definition) is 2. The van der Waals surface area contributed by atoms with Gasteiger partial charge < -0.3 is 19.9 Å². The molecule has 1 aromatic rings. The molecule has 0 spiro atoms. The van der Waals surface area contributed by atoms with Crippen LogP contribution in [0.4, 0.5) is 5.69 Å². The molecule has 0 amide bonds. The Labute approximate surface area is 96.2 Å². The van der Waals surface area contributed by atoms with E-state index in [9.17, 15) is 5.11 Å². The third-order valence-electron chi connectivity index (χ3n) is 2.12. The normalized spacial score (nSPS) is 11.1. The van der Waals surface area contributed by atoms with Crippen LogP contribution in [0, 0.1) is 0 Å². The number of aliphatic hydroxyl groups is 1. The Bertz CT molecular complexity index is 345. The molecule has 0 radical (unpaired) electrons. The number of methoxy groups -OCH3 is 2. The minimum absolute atomic E-state index is 0.441. The molecule has 4 heteroatoms. The standard InChI is InChI=1S/C12H19NO3/c1-12(2,14)8-13-10-7-9(15-3)5-6-11(10)16-4/h5-7,13-14H,8H2,1-4H3. The number of rotatable bonds is 5. The molecule has 0 aliphatic heterocycles. The molecule has 0 aliphatic rings. The number of hydrogen-bond acceptors (Lipinski definition) is 4. The summed E-state index contributed by atoms with van der Waals surface area (Å²) >= 11 is 0. The summed E-state index contributed by atoms with van der Waals surface area (Å²) in [5, 5.41) is 12.8. The minimum Gasteiger partial charge on any atom is -0.497 e. The van der Waals surface area contributed by atoms with Gasteiger partial charge in [0.1, 0.15) is 11.5 Å². The molecular weight excluding hydrogens is 206 g/mol. The molecule has 2 N–H and O–H groups in total. The van der Waals surface area contributed by atoms with E-state index >= 15 is 0 Å². The molecule has 0 bridgehead atoms. The molecule has 0 saturated heterocycles. The molecule has 0 saturated carbocycles. The van der Waals surface area contributed by atoms with Crippen molar-refractivity contribution >= 4 is 5.69 Å². The van der Waals surface area contributed by atoms with Crippen molar-refractivity contribution in [1.29, 1.82) is 0 Å². The van der Waals surface area contributed by atoms with Crippen LogP contribution in [-0.4, -0.2) is 31.5 Å². The van der Waals surface area contributed by atoms with Crippen LogP contribution < -0.4 is 14.8 Å². The van der Waals surface area contributed by atoms with Gasteiger partial charge in [0.15, 0.2) is 0 Å². The van der Waals surface area contributed by atoms with Crippen LogP contribution in [0.2, 0.25) is 0 Å². The Morgan fingerprint density at radius 1 is 1.25 bits per heavy atom. The lowest BCUT2D eigenvalue weighted by Crippen LogP contribution is -2.29. The second kappa shape index (κ2) is 5.07. The van der Waals surface area contributed by atoms with Crippen LogP contribution in [0.15, 0.2) is 18.2 Å². The van der Waals surface area contributed by atoms with E-state index in [1.165, 1.54) is 0 Å². The van der Waals surface area contributed by atoms with Gasteiger partial charge in [0.25, 0.3) is 0 Å². The zero-order valence-electron chi connectivity index (χ0n) is 10.2. The Morgan fingerprint density at radius 2 is 1.94 bits per heavy atom. The van der Waals surface area contributed by atoms with E-state index in [1.54, 1.807) is 28.1 Å². The van der Waals surface area contributed by atoms with Crippen molar-refractivity contribution in [2.24, 2.45) is 0 Å². The van der Waals surface area contributed by atoms with E-state index in [1.807, 2.05) is 18.2 Å². The summed E-state index contributed by atoms with van der Waals surface area (Å²) < 4.78 is 10.3. The number of anilines is 1. The maximum atomic E-state index is 9.63. The first kappa shape index (κ1) is 12.6. The van der Waals surface area contributed by atoms with E-state index in [-0.39, 0.29) is 0 Å². The highest BCUT2D eigenvalue weighted by atomic mass is 16.5. The minimum atomic E-state index is -0.770. The van der Waals surface area contributed by atoms with Gasteiger partial charge in [-0.3, -0.25) is 0 Å². The summed E-state index contributed by atoms with van der Waals surface area (Å²) in [7, 11) is 3.22. The molecule has 0 atom stereocenters. The van der Waals surface area contributed by atoms with E-state index in [2.05, 4.69) is 5.32 Å². The summed E-state index contributed by atoms with van der Waals surface area (Å²) in [5.41, 5.74) is 0.0395. The second-order valence-electron chi connectivity index (χ2n) is 4.23. The zero-order chi connectivity index (χ0) is 12.2. The molecule has 1 rings (SSSR count). The van der Waals surface area contributed by atoms with Gasteiger partial charge in [-0.05, 0) is 26.0 Å². The first-order valence-corrected chi connectivity index (χ1v) is 5.14. The maximum Gasteiger partial charge on any atom is 0.142 e. The van der Waals surface area contributed by atoms with Crippen LogP contribution in [0.5, 0.6) is 11.5 Å². The largest absolute Gasteiger partial charge is 0.497 e. The number of ether oxygens (including phenoxy) is 2. The number of benzene rings is 1. The predicted octanol–water partition coefficient (Wildman–Crippen LogP) is 1.89. The molecular formula is C12H19NO3. The van der Waals surface area contributed by atoms with Crippen molar-refractivity contribution in [2.45, 2.75) is 19.4 Å². The Balaban J connectivity index is 2.83. The number of nitrogens with one attached hydrogen (secondary N) is 1. The highest BCUT2D eigenvalue weighted by molar-refractivity contribution is 5.59. The van der Waals surface area contributed by atoms with E-state index in [4.69, 9.17) is 9.47 Å². The van der Waals surface area contributed by atoms with Gasteiger partial charge in [-0.15, -0.1) is 0 Å². The third-order valence-corrected chi connectivity index (χ3v) is 2.12. The topological polar surface area (TPSA) is 50.7 Å². The highest BCUT2D eigenvalue weighted by Crippen LogP contribution is 2.29. The van der Waals surface area contributed by atoms with Gasteiger partial charge in [-0.2, -0.15) is 0 Å². The summed E-state index contributed by atoms with van der Waals surface area (Å²) in [4.78, 5) is 0. The average Bonchev–Trinajstić information content (AvgIpc) is 2.25. The molecule has 16 heavy (non-hydrogen) atoms. The van der Waals surface area contributed by atoms with Crippen molar-refractivity contribution < 1.29 is 14.6 Å². The molecule has 4 nitrogen and oxygen atoms in total. The van der Waals surface area contributed by atoms with Crippen LogP contribution >= 0.6 is 0 Å². The second-order valence-corrected chi connectivity index (χ2v) is 4.23. The van der Waals surface area contributed by atoms with Gasteiger partial charge in [-0.25, -0.2) is 0 Å².